The maximum absolute atomic E-state index is 11.4. The fourth-order valence-electron chi connectivity index (χ4n) is 0.767. The van der Waals surface area contributed by atoms with Crippen molar-refractivity contribution in [3.8, 4) is 0 Å². The Balaban J connectivity index is 3.30. The minimum atomic E-state index is -3.14. The summed E-state index contributed by atoms with van der Waals surface area (Å²) in [4.78, 5) is 0.257. The van der Waals surface area contributed by atoms with E-state index in [4.69, 9.17) is 0 Å². The van der Waals surface area contributed by atoms with Crippen molar-refractivity contribution in [3.05, 3.63) is 10.8 Å². The van der Waals surface area contributed by atoms with Crippen molar-refractivity contribution in [3.63, 3.8) is 0 Å². The van der Waals surface area contributed by atoms with E-state index in [1.165, 1.54) is 10.9 Å². The third-order valence-electron chi connectivity index (χ3n) is 1.55. The van der Waals surface area contributed by atoms with Crippen molar-refractivity contribution in [2.45, 2.75) is 11.8 Å². The molecule has 1 heterocycles. The lowest BCUT2D eigenvalue weighted by Gasteiger charge is -1.97. The molecule has 68 valence electrons. The van der Waals surface area contributed by atoms with Gasteiger partial charge in [-0.1, -0.05) is 6.92 Å². The lowest BCUT2D eigenvalue weighted by molar-refractivity contribution is 0.596. The molecular weight excluding hydrogens is 244 g/mol. The van der Waals surface area contributed by atoms with Crippen LogP contribution >= 0.6 is 15.9 Å². The molecule has 0 aliphatic rings. The van der Waals surface area contributed by atoms with Crippen LogP contribution in [0.2, 0.25) is 0 Å². The minimum absolute atomic E-state index is 0.0945. The SMILES string of the molecule is CCS(=O)(=O)c1cnn(C)c1Br. The average molecular weight is 253 g/mol. The highest BCUT2D eigenvalue weighted by molar-refractivity contribution is 9.10. The van der Waals surface area contributed by atoms with Crippen LogP contribution in [0.1, 0.15) is 6.92 Å². The molecule has 0 saturated carbocycles. The van der Waals surface area contributed by atoms with Crippen molar-refractivity contribution in [1.82, 2.24) is 9.78 Å². The first-order chi connectivity index (χ1) is 5.49. The highest BCUT2D eigenvalue weighted by atomic mass is 79.9. The summed E-state index contributed by atoms with van der Waals surface area (Å²) in [5.74, 6) is 0.0945. The van der Waals surface area contributed by atoms with Gasteiger partial charge in [0.2, 0.25) is 0 Å². The zero-order chi connectivity index (χ0) is 9.35. The Morgan fingerprint density at radius 1 is 1.67 bits per heavy atom. The van der Waals surface area contributed by atoms with Gasteiger partial charge in [-0.15, -0.1) is 0 Å². The van der Waals surface area contributed by atoms with Crippen LogP contribution in [-0.4, -0.2) is 24.0 Å². The summed E-state index contributed by atoms with van der Waals surface area (Å²) in [5, 5.41) is 3.82. The molecule has 1 aromatic rings. The Hall–Kier alpha value is -0.360. The molecule has 0 unspecified atom stereocenters. The summed E-state index contributed by atoms with van der Waals surface area (Å²) < 4.78 is 24.7. The second-order valence-corrected chi connectivity index (χ2v) is 5.32. The molecule has 0 radical (unpaired) electrons. The van der Waals surface area contributed by atoms with Gasteiger partial charge in [-0.3, -0.25) is 4.68 Å². The van der Waals surface area contributed by atoms with Crippen LogP contribution in [0.5, 0.6) is 0 Å². The van der Waals surface area contributed by atoms with Gasteiger partial charge in [0.15, 0.2) is 9.84 Å². The van der Waals surface area contributed by atoms with E-state index in [1.54, 1.807) is 14.0 Å². The van der Waals surface area contributed by atoms with Gasteiger partial charge in [-0.25, -0.2) is 8.42 Å². The molecule has 0 fully saturated rings. The zero-order valence-corrected chi connectivity index (χ0v) is 9.18. The fourth-order valence-corrected chi connectivity index (χ4v) is 2.61. The third kappa shape index (κ3) is 1.54. The molecule has 0 saturated heterocycles. The summed E-state index contributed by atoms with van der Waals surface area (Å²) in [7, 11) is -1.46. The van der Waals surface area contributed by atoms with Gasteiger partial charge < -0.3 is 0 Å². The lowest BCUT2D eigenvalue weighted by Crippen LogP contribution is -2.03. The van der Waals surface area contributed by atoms with Crippen LogP contribution in [0.3, 0.4) is 0 Å². The molecule has 0 aromatic carbocycles. The van der Waals surface area contributed by atoms with Gasteiger partial charge in [0.05, 0.1) is 11.9 Å². The highest BCUT2D eigenvalue weighted by Gasteiger charge is 2.18. The van der Waals surface area contributed by atoms with Crippen molar-refractivity contribution >= 4 is 25.8 Å². The number of nitrogens with zero attached hydrogens (tertiary/aromatic N) is 2. The summed E-state index contributed by atoms with van der Waals surface area (Å²) in [5.41, 5.74) is 0. The maximum Gasteiger partial charge on any atom is 0.182 e. The number of hydrogen-bond acceptors (Lipinski definition) is 3. The number of hydrogen-bond donors (Lipinski definition) is 0. The molecule has 0 N–H and O–H groups in total. The van der Waals surface area contributed by atoms with Crippen molar-refractivity contribution in [2.75, 3.05) is 5.75 Å². The normalized spacial score (nSPS) is 11.9. The maximum atomic E-state index is 11.4. The minimum Gasteiger partial charge on any atom is -0.260 e. The first kappa shape index (κ1) is 9.73. The second-order valence-electron chi connectivity index (χ2n) is 2.33. The summed E-state index contributed by atoms with van der Waals surface area (Å²) in [6, 6.07) is 0. The van der Waals surface area contributed by atoms with Crippen LogP contribution in [0, 0.1) is 0 Å². The van der Waals surface area contributed by atoms with Crippen LogP contribution in [0.25, 0.3) is 0 Å². The van der Waals surface area contributed by atoms with Crippen LogP contribution in [0.15, 0.2) is 15.7 Å². The Morgan fingerprint density at radius 3 is 2.58 bits per heavy atom. The Bertz CT molecular complexity index is 382. The standard InChI is InChI=1S/C6H9BrN2O2S/c1-3-12(10,11)5-4-8-9(2)6(5)7/h4H,3H2,1-2H3. The summed E-state index contributed by atoms with van der Waals surface area (Å²) in [6.07, 6.45) is 1.35. The second kappa shape index (κ2) is 3.18. The monoisotopic (exact) mass is 252 g/mol. The highest BCUT2D eigenvalue weighted by Crippen LogP contribution is 2.21. The number of halogens is 1. The quantitative estimate of drug-likeness (QED) is 0.789. The van der Waals surface area contributed by atoms with E-state index in [0.29, 0.717) is 4.60 Å². The van der Waals surface area contributed by atoms with E-state index in [0.717, 1.165) is 0 Å². The summed E-state index contributed by atoms with van der Waals surface area (Å²) in [6.45, 7) is 1.61. The Kier molecular flexibility index (Phi) is 2.58. The van der Waals surface area contributed by atoms with E-state index in [-0.39, 0.29) is 10.6 Å². The van der Waals surface area contributed by atoms with Gasteiger partial charge in [-0.2, -0.15) is 5.10 Å². The smallest absolute Gasteiger partial charge is 0.182 e. The van der Waals surface area contributed by atoms with E-state index in [2.05, 4.69) is 21.0 Å². The molecule has 6 heteroatoms. The number of rotatable bonds is 2. The summed E-state index contributed by atoms with van der Waals surface area (Å²) >= 11 is 3.15. The topological polar surface area (TPSA) is 52.0 Å². The third-order valence-corrected chi connectivity index (χ3v) is 4.48. The number of sulfone groups is 1. The fraction of sp³-hybridized carbons (Fsp3) is 0.500. The van der Waals surface area contributed by atoms with E-state index < -0.39 is 9.84 Å². The molecule has 1 rings (SSSR count). The predicted octanol–water partition coefficient (Wildman–Crippen LogP) is 0.976. The van der Waals surface area contributed by atoms with E-state index >= 15 is 0 Å². The predicted molar refractivity (Wildman–Crippen MR) is 48.6 cm³/mol. The van der Waals surface area contributed by atoms with Gasteiger partial charge >= 0.3 is 0 Å². The van der Waals surface area contributed by atoms with E-state index in [1.807, 2.05) is 0 Å². The van der Waals surface area contributed by atoms with Crippen molar-refractivity contribution in [2.24, 2.45) is 7.05 Å². The van der Waals surface area contributed by atoms with Gasteiger partial charge in [0.1, 0.15) is 9.50 Å². The zero-order valence-electron chi connectivity index (χ0n) is 6.78. The first-order valence-corrected chi connectivity index (χ1v) is 5.84. The van der Waals surface area contributed by atoms with E-state index in [9.17, 15) is 8.42 Å². The van der Waals surface area contributed by atoms with Gasteiger partial charge in [0, 0.05) is 7.05 Å². The van der Waals surface area contributed by atoms with Crippen LogP contribution < -0.4 is 0 Å². The largest absolute Gasteiger partial charge is 0.260 e. The Morgan fingerprint density at radius 2 is 2.25 bits per heavy atom. The number of aryl methyl sites for hydroxylation is 1. The molecule has 0 aliphatic carbocycles. The molecular formula is C6H9BrN2O2S. The molecule has 0 spiro atoms. The van der Waals surface area contributed by atoms with Gasteiger partial charge in [-0.05, 0) is 15.9 Å². The molecule has 0 atom stereocenters. The first-order valence-electron chi connectivity index (χ1n) is 3.39. The molecule has 0 bridgehead atoms. The van der Waals surface area contributed by atoms with Crippen molar-refractivity contribution in [1.29, 1.82) is 0 Å². The molecule has 4 nitrogen and oxygen atoms in total. The van der Waals surface area contributed by atoms with Crippen LogP contribution in [0.4, 0.5) is 0 Å². The average Bonchev–Trinajstić information content (AvgIpc) is 2.33. The number of aromatic nitrogens is 2. The van der Waals surface area contributed by atoms with Gasteiger partial charge in [0.25, 0.3) is 0 Å². The van der Waals surface area contributed by atoms with Crippen molar-refractivity contribution < 1.29 is 8.42 Å². The molecule has 0 amide bonds. The lowest BCUT2D eigenvalue weighted by atomic mass is 10.7. The molecule has 1 aromatic heterocycles. The molecule has 0 aliphatic heterocycles. The molecule has 12 heavy (non-hydrogen) atoms. The van der Waals surface area contributed by atoms with Crippen LogP contribution in [-0.2, 0) is 16.9 Å². The Labute approximate surface area is 79.6 Å².